The molecule has 2 aromatic rings. The fraction of sp³-hybridized carbons (Fsp3) is 0.364. The third-order valence-corrected chi connectivity index (χ3v) is 5.06. The highest BCUT2D eigenvalue weighted by Crippen LogP contribution is 2.21. The molecule has 0 unspecified atom stereocenters. The predicted octanol–water partition coefficient (Wildman–Crippen LogP) is 3.21. The summed E-state index contributed by atoms with van der Waals surface area (Å²) in [5.41, 5.74) is 1.84. The molecule has 3 rings (SSSR count). The van der Waals surface area contributed by atoms with Crippen LogP contribution in [-0.4, -0.2) is 49.6 Å². The molecule has 1 fully saturated rings. The van der Waals surface area contributed by atoms with Gasteiger partial charge in [0.15, 0.2) is 6.61 Å². The standard InChI is InChI=1S/C22H25FN2O3/c1-2-20(17-6-4-3-5-7-17)22(27)28-16-21(26)25-14-12-24(13-15-25)19-10-8-18(23)9-11-19/h3-11,20H,2,12-16H2,1H3/t20-/m1/s1. The van der Waals surface area contributed by atoms with Crippen molar-refractivity contribution >= 4 is 17.6 Å². The fourth-order valence-electron chi connectivity index (χ4n) is 3.41. The lowest BCUT2D eigenvalue weighted by Gasteiger charge is -2.36. The van der Waals surface area contributed by atoms with Gasteiger partial charge in [-0.2, -0.15) is 0 Å². The summed E-state index contributed by atoms with van der Waals surface area (Å²) in [7, 11) is 0. The second-order valence-electron chi connectivity index (χ2n) is 6.82. The lowest BCUT2D eigenvalue weighted by molar-refractivity contribution is -0.153. The van der Waals surface area contributed by atoms with Crippen molar-refractivity contribution in [2.24, 2.45) is 0 Å². The van der Waals surface area contributed by atoms with Gasteiger partial charge < -0.3 is 14.5 Å². The fourth-order valence-corrected chi connectivity index (χ4v) is 3.41. The highest BCUT2D eigenvalue weighted by atomic mass is 19.1. The number of halogens is 1. The molecule has 28 heavy (non-hydrogen) atoms. The predicted molar refractivity (Wildman–Crippen MR) is 106 cm³/mol. The summed E-state index contributed by atoms with van der Waals surface area (Å²) in [4.78, 5) is 28.6. The van der Waals surface area contributed by atoms with Crippen molar-refractivity contribution in [2.45, 2.75) is 19.3 Å². The van der Waals surface area contributed by atoms with Gasteiger partial charge in [0.25, 0.3) is 5.91 Å². The third-order valence-electron chi connectivity index (χ3n) is 5.06. The Hall–Kier alpha value is -2.89. The molecule has 0 radical (unpaired) electrons. The first-order valence-electron chi connectivity index (χ1n) is 9.58. The van der Waals surface area contributed by atoms with E-state index in [0.717, 1.165) is 11.3 Å². The molecule has 1 amide bonds. The average molecular weight is 384 g/mol. The number of nitrogens with zero attached hydrogens (tertiary/aromatic N) is 2. The molecule has 1 saturated heterocycles. The van der Waals surface area contributed by atoms with Gasteiger partial charge in [-0.05, 0) is 36.2 Å². The Morgan fingerprint density at radius 1 is 1.00 bits per heavy atom. The largest absolute Gasteiger partial charge is 0.455 e. The molecular weight excluding hydrogens is 359 g/mol. The number of esters is 1. The number of hydrogen-bond donors (Lipinski definition) is 0. The van der Waals surface area contributed by atoms with Crippen molar-refractivity contribution < 1.29 is 18.7 Å². The molecule has 148 valence electrons. The van der Waals surface area contributed by atoms with Gasteiger partial charge in [0.05, 0.1) is 5.92 Å². The van der Waals surface area contributed by atoms with Gasteiger partial charge in [0.2, 0.25) is 0 Å². The van der Waals surface area contributed by atoms with Crippen LogP contribution >= 0.6 is 0 Å². The van der Waals surface area contributed by atoms with Crippen molar-refractivity contribution in [3.63, 3.8) is 0 Å². The van der Waals surface area contributed by atoms with E-state index in [-0.39, 0.29) is 30.2 Å². The number of piperazine rings is 1. The lowest BCUT2D eigenvalue weighted by atomic mass is 9.97. The number of ether oxygens (including phenoxy) is 1. The summed E-state index contributed by atoms with van der Waals surface area (Å²) in [5, 5.41) is 0. The summed E-state index contributed by atoms with van der Waals surface area (Å²) in [6.45, 7) is 4.10. The van der Waals surface area contributed by atoms with Crippen LogP contribution < -0.4 is 4.90 Å². The summed E-state index contributed by atoms with van der Waals surface area (Å²) >= 11 is 0. The molecule has 0 spiro atoms. The first-order valence-corrected chi connectivity index (χ1v) is 9.58. The van der Waals surface area contributed by atoms with E-state index in [4.69, 9.17) is 4.74 Å². The van der Waals surface area contributed by atoms with Crippen LogP contribution in [0.15, 0.2) is 54.6 Å². The van der Waals surface area contributed by atoms with Gasteiger partial charge in [0, 0.05) is 31.9 Å². The maximum atomic E-state index is 13.0. The quantitative estimate of drug-likeness (QED) is 0.718. The van der Waals surface area contributed by atoms with Gasteiger partial charge in [-0.3, -0.25) is 9.59 Å². The number of anilines is 1. The minimum absolute atomic E-state index is 0.185. The van der Waals surface area contributed by atoms with E-state index < -0.39 is 0 Å². The Morgan fingerprint density at radius 3 is 2.25 bits per heavy atom. The van der Waals surface area contributed by atoms with Crippen LogP contribution in [0.5, 0.6) is 0 Å². The van der Waals surface area contributed by atoms with Crippen molar-refractivity contribution in [3.05, 3.63) is 66.0 Å². The van der Waals surface area contributed by atoms with Crippen LogP contribution in [0, 0.1) is 5.82 Å². The monoisotopic (exact) mass is 384 g/mol. The van der Waals surface area contributed by atoms with Crippen LogP contribution in [0.1, 0.15) is 24.8 Å². The molecule has 1 aliphatic rings. The third kappa shape index (κ3) is 4.88. The molecule has 6 heteroatoms. The average Bonchev–Trinajstić information content (AvgIpc) is 2.74. The first-order chi connectivity index (χ1) is 13.6. The molecule has 0 aliphatic carbocycles. The normalized spacial score (nSPS) is 15.2. The van der Waals surface area contributed by atoms with Crippen LogP contribution in [0.4, 0.5) is 10.1 Å². The zero-order valence-corrected chi connectivity index (χ0v) is 16.0. The smallest absolute Gasteiger partial charge is 0.313 e. The first kappa shape index (κ1) is 19.9. The zero-order chi connectivity index (χ0) is 19.9. The number of benzene rings is 2. The number of carbonyl (C=O) groups excluding carboxylic acids is 2. The molecule has 1 aliphatic heterocycles. The van der Waals surface area contributed by atoms with E-state index in [1.807, 2.05) is 37.3 Å². The van der Waals surface area contributed by atoms with Gasteiger partial charge >= 0.3 is 5.97 Å². The van der Waals surface area contributed by atoms with Crippen LogP contribution in [0.25, 0.3) is 0 Å². The number of hydrogen-bond acceptors (Lipinski definition) is 4. The molecule has 1 atom stereocenters. The molecule has 2 aromatic carbocycles. The summed E-state index contributed by atoms with van der Waals surface area (Å²) in [5.74, 6) is -1.17. The maximum Gasteiger partial charge on any atom is 0.313 e. The molecule has 1 heterocycles. The summed E-state index contributed by atoms with van der Waals surface area (Å²) in [6.07, 6.45) is 0.618. The van der Waals surface area contributed by atoms with Crippen molar-refractivity contribution in [1.29, 1.82) is 0 Å². The van der Waals surface area contributed by atoms with Crippen LogP contribution in [0.3, 0.4) is 0 Å². The minimum atomic E-state index is -0.369. The van der Waals surface area contributed by atoms with Gasteiger partial charge in [0.1, 0.15) is 5.82 Å². The van der Waals surface area contributed by atoms with Crippen molar-refractivity contribution in [3.8, 4) is 0 Å². The number of carbonyl (C=O) groups is 2. The molecule has 0 saturated carbocycles. The summed E-state index contributed by atoms with van der Waals surface area (Å²) in [6, 6.07) is 15.8. The Kier molecular flexibility index (Phi) is 6.63. The van der Waals surface area contributed by atoms with E-state index in [1.54, 1.807) is 17.0 Å². The van der Waals surface area contributed by atoms with E-state index >= 15 is 0 Å². The second kappa shape index (κ2) is 9.35. The maximum absolute atomic E-state index is 13.0. The van der Waals surface area contributed by atoms with E-state index in [9.17, 15) is 14.0 Å². The van der Waals surface area contributed by atoms with E-state index in [1.165, 1.54) is 12.1 Å². The number of rotatable bonds is 6. The minimum Gasteiger partial charge on any atom is -0.455 e. The van der Waals surface area contributed by atoms with Gasteiger partial charge in [-0.25, -0.2) is 4.39 Å². The Labute approximate surface area is 164 Å². The topological polar surface area (TPSA) is 49.9 Å². The summed E-state index contributed by atoms with van der Waals surface area (Å²) < 4.78 is 18.4. The van der Waals surface area contributed by atoms with Crippen LogP contribution in [0.2, 0.25) is 0 Å². The molecule has 5 nitrogen and oxygen atoms in total. The van der Waals surface area contributed by atoms with Crippen LogP contribution in [-0.2, 0) is 14.3 Å². The molecule has 0 N–H and O–H groups in total. The highest BCUT2D eigenvalue weighted by molar-refractivity contribution is 5.83. The Bertz CT molecular complexity index is 787. The Morgan fingerprint density at radius 2 is 1.64 bits per heavy atom. The lowest BCUT2D eigenvalue weighted by Crippen LogP contribution is -2.50. The Balaban J connectivity index is 1.48. The van der Waals surface area contributed by atoms with Crippen molar-refractivity contribution in [1.82, 2.24) is 4.90 Å². The van der Waals surface area contributed by atoms with Gasteiger partial charge in [-0.1, -0.05) is 37.3 Å². The second-order valence-corrected chi connectivity index (χ2v) is 6.82. The SMILES string of the molecule is CC[C@@H](C(=O)OCC(=O)N1CCN(c2ccc(F)cc2)CC1)c1ccccc1. The molecule has 0 aromatic heterocycles. The van der Waals surface area contributed by atoms with E-state index in [2.05, 4.69) is 4.90 Å². The highest BCUT2D eigenvalue weighted by Gasteiger charge is 2.25. The molecular formula is C22H25FN2O3. The van der Waals surface area contributed by atoms with E-state index in [0.29, 0.717) is 32.6 Å². The molecule has 0 bridgehead atoms. The van der Waals surface area contributed by atoms with Crippen molar-refractivity contribution in [2.75, 3.05) is 37.7 Å². The van der Waals surface area contributed by atoms with Gasteiger partial charge in [-0.15, -0.1) is 0 Å². The number of amides is 1. The zero-order valence-electron chi connectivity index (χ0n) is 16.0.